The molecule has 9 nitrogen and oxygen atoms in total. The van der Waals surface area contributed by atoms with E-state index in [9.17, 15) is 4.79 Å². The minimum Gasteiger partial charge on any atom is -0.481 e. The summed E-state index contributed by atoms with van der Waals surface area (Å²) in [4.78, 5) is 31.9. The number of hydrogen-bond acceptors (Lipinski definition) is 4. The molecular formula is C25H58N2O7P+. The van der Waals surface area contributed by atoms with Crippen LogP contribution in [0.1, 0.15) is 116 Å². The Morgan fingerprint density at radius 2 is 1.06 bits per heavy atom. The fourth-order valence-corrected chi connectivity index (χ4v) is 3.55. The summed E-state index contributed by atoms with van der Waals surface area (Å²) in [7, 11) is -0.433. The first-order valence-corrected chi connectivity index (χ1v) is 15.1. The van der Waals surface area contributed by atoms with Crippen molar-refractivity contribution in [1.29, 1.82) is 0 Å². The molecule has 0 rings (SSSR count). The van der Waals surface area contributed by atoms with Gasteiger partial charge in [-0.1, -0.05) is 96.8 Å². The van der Waals surface area contributed by atoms with Crippen molar-refractivity contribution in [3.8, 4) is 0 Å². The highest BCUT2D eigenvalue weighted by molar-refractivity contribution is 7.45. The first-order chi connectivity index (χ1) is 16.4. The van der Waals surface area contributed by atoms with Gasteiger partial charge < -0.3 is 35.1 Å². The topological polar surface area (TPSA) is 161 Å². The normalized spacial score (nSPS) is 11.3. The zero-order valence-electron chi connectivity index (χ0n) is 22.9. The number of nitrogens with two attached hydrogens (primary N) is 1. The van der Waals surface area contributed by atoms with Crippen LogP contribution in [0.2, 0.25) is 0 Å². The summed E-state index contributed by atoms with van der Waals surface area (Å²) in [6, 6.07) is 0. The summed E-state index contributed by atoms with van der Waals surface area (Å²) < 4.78 is 9.75. The van der Waals surface area contributed by atoms with E-state index in [1.54, 1.807) is 0 Å². The molecule has 0 bridgehead atoms. The molecule has 0 spiro atoms. The fourth-order valence-electron chi connectivity index (χ4n) is 3.55. The van der Waals surface area contributed by atoms with E-state index in [1.807, 2.05) is 0 Å². The van der Waals surface area contributed by atoms with Crippen LogP contribution in [-0.2, 0) is 9.36 Å². The Morgan fingerprint density at radius 1 is 0.714 bits per heavy atom. The van der Waals surface area contributed by atoms with Gasteiger partial charge in [0.25, 0.3) is 0 Å². The zero-order chi connectivity index (χ0) is 27.4. The van der Waals surface area contributed by atoms with Crippen LogP contribution in [0.25, 0.3) is 0 Å². The molecular weight excluding hydrogens is 471 g/mol. The smallest absolute Gasteiger partial charge is 0.466 e. The van der Waals surface area contributed by atoms with Gasteiger partial charge in [-0.15, -0.1) is 0 Å². The number of aliphatic hydroxyl groups is 1. The number of likely N-dealkylation sites (N-methyl/N-ethyl adjacent to an activating group) is 1. The molecule has 0 aromatic carbocycles. The molecule has 0 fully saturated rings. The molecule has 0 saturated heterocycles. The maximum absolute atomic E-state index is 10.3. The number of hydrogen-bond donors (Lipinski definition) is 6. The molecule has 0 saturated carbocycles. The van der Waals surface area contributed by atoms with Gasteiger partial charge in [0, 0.05) is 12.8 Å². The van der Waals surface area contributed by atoms with E-state index in [4.69, 9.17) is 35.2 Å². The Kier molecular flexibility index (Phi) is 31.2. The molecule has 0 amide bonds. The number of aliphatic hydroxyl groups excluding tert-OH is 1. The quantitative estimate of drug-likeness (QED) is 0.0701. The molecule has 7 N–H and O–H groups in total. The standard InChI is InChI=1S/C18H36O2.C7H19N2O.H3O4P/c1-2-3-4-5-6-7-8-9-10-11-12-13-14-15-16-17-18(19)20;1-9(2,6-7-10)5-3-4-8;1-5(2,3)4/h2-17H2,1H3,(H,19,20);10H,3-8H2,1-2H3;(H3,1,2,3,4)/q;+1;. The number of rotatable bonds is 21. The van der Waals surface area contributed by atoms with E-state index in [-0.39, 0.29) is 6.61 Å². The average Bonchev–Trinajstić information content (AvgIpc) is 2.74. The summed E-state index contributed by atoms with van der Waals surface area (Å²) in [5.74, 6) is -0.653. The van der Waals surface area contributed by atoms with Crippen LogP contribution in [0.5, 0.6) is 0 Å². The van der Waals surface area contributed by atoms with Crippen LogP contribution < -0.4 is 5.73 Å². The Labute approximate surface area is 215 Å². The van der Waals surface area contributed by atoms with Gasteiger partial charge in [-0.25, -0.2) is 4.57 Å². The number of carboxylic acid groups (broad SMARTS) is 1. The van der Waals surface area contributed by atoms with Crippen molar-refractivity contribution in [2.24, 2.45) is 5.73 Å². The van der Waals surface area contributed by atoms with E-state index < -0.39 is 13.8 Å². The maximum atomic E-state index is 10.3. The molecule has 0 aromatic rings. The van der Waals surface area contributed by atoms with E-state index in [0.717, 1.165) is 43.4 Å². The van der Waals surface area contributed by atoms with Gasteiger partial charge in [0.2, 0.25) is 0 Å². The van der Waals surface area contributed by atoms with Crippen LogP contribution in [0.15, 0.2) is 0 Å². The second-order valence-electron chi connectivity index (χ2n) is 9.86. The van der Waals surface area contributed by atoms with Gasteiger partial charge in [-0.05, 0) is 13.0 Å². The number of nitrogens with zero attached hydrogens (tertiary/aromatic N) is 1. The van der Waals surface area contributed by atoms with Crippen LogP contribution in [0, 0.1) is 0 Å². The first kappa shape index (κ1) is 39.0. The highest BCUT2D eigenvalue weighted by atomic mass is 31.2. The van der Waals surface area contributed by atoms with Crippen LogP contribution >= 0.6 is 7.82 Å². The largest absolute Gasteiger partial charge is 0.481 e. The molecule has 35 heavy (non-hydrogen) atoms. The number of carboxylic acids is 1. The Bertz CT molecular complexity index is 480. The summed E-state index contributed by atoms with van der Waals surface area (Å²) in [5, 5.41) is 17.2. The Hall–Kier alpha value is -0.540. The molecule has 0 radical (unpaired) electrons. The molecule has 0 aliphatic rings. The van der Waals surface area contributed by atoms with Crippen molar-refractivity contribution in [3.63, 3.8) is 0 Å². The number of carbonyl (C=O) groups is 1. The average molecular weight is 530 g/mol. The van der Waals surface area contributed by atoms with Crippen molar-refractivity contribution >= 4 is 13.8 Å². The zero-order valence-corrected chi connectivity index (χ0v) is 23.8. The lowest BCUT2D eigenvalue weighted by molar-refractivity contribution is -0.890. The third-order valence-corrected chi connectivity index (χ3v) is 5.67. The minimum atomic E-state index is -4.64. The molecule has 0 aliphatic heterocycles. The molecule has 214 valence electrons. The van der Waals surface area contributed by atoms with Gasteiger partial charge in [0.05, 0.1) is 27.2 Å². The van der Waals surface area contributed by atoms with Crippen molar-refractivity contribution in [1.82, 2.24) is 0 Å². The van der Waals surface area contributed by atoms with Crippen LogP contribution in [-0.4, -0.2) is 75.7 Å². The Morgan fingerprint density at radius 3 is 1.34 bits per heavy atom. The molecule has 0 atom stereocenters. The number of unbranched alkanes of at least 4 members (excludes halogenated alkanes) is 14. The highest BCUT2D eigenvalue weighted by Gasteiger charge is 2.11. The summed E-state index contributed by atoms with van der Waals surface area (Å²) in [5.41, 5.74) is 5.36. The Balaban J connectivity index is -0.000000563. The van der Waals surface area contributed by atoms with Gasteiger partial charge >= 0.3 is 13.8 Å². The first-order valence-electron chi connectivity index (χ1n) is 13.5. The van der Waals surface area contributed by atoms with E-state index >= 15 is 0 Å². The van der Waals surface area contributed by atoms with Crippen molar-refractivity contribution in [3.05, 3.63) is 0 Å². The maximum Gasteiger partial charge on any atom is 0.466 e. The SMILES string of the molecule is CCCCCCCCCCCCCCCCCC(=O)O.C[N+](C)(CCO)CCCN.O=P(O)(O)O. The fraction of sp³-hybridized carbons (Fsp3) is 0.960. The number of phosphoric acid groups is 1. The minimum absolute atomic E-state index is 0.261. The summed E-state index contributed by atoms with van der Waals surface area (Å²) >= 11 is 0. The lowest BCUT2D eigenvalue weighted by Crippen LogP contribution is -2.43. The highest BCUT2D eigenvalue weighted by Crippen LogP contribution is 2.25. The van der Waals surface area contributed by atoms with Gasteiger partial charge in [0.1, 0.15) is 6.54 Å². The van der Waals surface area contributed by atoms with Gasteiger partial charge in [0.15, 0.2) is 0 Å². The lowest BCUT2D eigenvalue weighted by Gasteiger charge is -2.28. The lowest BCUT2D eigenvalue weighted by atomic mass is 10.0. The molecule has 0 heterocycles. The van der Waals surface area contributed by atoms with E-state index in [1.165, 1.54) is 83.5 Å². The predicted octanol–water partition coefficient (Wildman–Crippen LogP) is 4.81. The second kappa shape index (κ2) is 28.0. The monoisotopic (exact) mass is 529 g/mol. The number of quaternary nitrogens is 1. The third-order valence-electron chi connectivity index (χ3n) is 5.67. The molecule has 10 heteroatoms. The summed E-state index contributed by atoms with van der Waals surface area (Å²) in [6.45, 7) is 5.15. The van der Waals surface area contributed by atoms with Gasteiger partial charge in [-0.3, -0.25) is 4.79 Å². The van der Waals surface area contributed by atoms with E-state index in [2.05, 4.69) is 21.0 Å². The molecule has 0 unspecified atom stereocenters. The summed E-state index contributed by atoms with van der Waals surface area (Å²) in [6.07, 6.45) is 21.2. The van der Waals surface area contributed by atoms with Crippen molar-refractivity contribution in [2.45, 2.75) is 116 Å². The van der Waals surface area contributed by atoms with Crippen molar-refractivity contribution < 1.29 is 38.7 Å². The number of aliphatic carboxylic acids is 1. The van der Waals surface area contributed by atoms with Gasteiger partial charge in [-0.2, -0.15) is 0 Å². The van der Waals surface area contributed by atoms with Crippen molar-refractivity contribution in [2.75, 3.05) is 40.3 Å². The van der Waals surface area contributed by atoms with E-state index in [0.29, 0.717) is 6.42 Å². The molecule has 0 aromatic heterocycles. The predicted molar refractivity (Wildman–Crippen MR) is 144 cm³/mol. The molecule has 0 aliphatic carbocycles. The van der Waals surface area contributed by atoms with Crippen LogP contribution in [0.3, 0.4) is 0 Å². The second-order valence-corrected chi connectivity index (χ2v) is 10.9. The van der Waals surface area contributed by atoms with Crippen LogP contribution in [0.4, 0.5) is 0 Å². The third kappa shape index (κ3) is 51.1.